The molecule has 0 aromatic rings. The van der Waals surface area contributed by atoms with Gasteiger partial charge in [0, 0.05) is 16.8 Å². The monoisotopic (exact) mass is 236 g/mol. The van der Waals surface area contributed by atoms with Crippen molar-refractivity contribution in [3.63, 3.8) is 0 Å². The first-order valence-corrected chi connectivity index (χ1v) is 2.35. The van der Waals surface area contributed by atoms with E-state index < -0.39 is 7.82 Å². The maximum atomic E-state index is 8.88. The molecule has 0 unspecified atom stereocenters. The molecule has 0 amide bonds. The van der Waals surface area contributed by atoms with E-state index in [9.17, 15) is 0 Å². The first-order chi connectivity index (χ1) is 2.00. The van der Waals surface area contributed by atoms with E-state index in [1.54, 1.807) is 0 Å². The van der Waals surface area contributed by atoms with Gasteiger partial charge in [-0.15, -0.1) is 0 Å². The second-order valence-electron chi connectivity index (χ2n) is 0.513. The minimum Gasteiger partial charge on any atom is -1.00 e. The van der Waals surface area contributed by atoms with Crippen molar-refractivity contribution in [3.05, 3.63) is 0 Å². The van der Waals surface area contributed by atoms with Crippen LogP contribution >= 0.6 is 7.82 Å². The first kappa shape index (κ1) is 30.9. The summed E-state index contributed by atoms with van der Waals surface area (Å²) in [7, 11) is -4.64. The molecule has 0 aliphatic heterocycles. The molecule has 0 saturated heterocycles. The molecule has 0 aromatic carbocycles. The van der Waals surface area contributed by atoms with Crippen LogP contribution in [0.3, 0.4) is 0 Å². The van der Waals surface area contributed by atoms with Crippen LogP contribution in [0.2, 0.25) is 0 Å². The Morgan fingerprint density at radius 3 is 1.22 bits per heavy atom. The average molecular weight is 236 g/mol. The molecule has 5 nitrogen and oxygen atoms in total. The summed E-state index contributed by atoms with van der Waals surface area (Å²) in [5.74, 6) is 0. The van der Waals surface area contributed by atoms with Gasteiger partial charge in [-0.3, -0.25) is 4.70 Å². The van der Waals surface area contributed by atoms with Gasteiger partial charge >= 0.3 is 45.6 Å². The minimum atomic E-state index is -4.64. The normalized spacial score (nSPS) is 6.56. The molecule has 0 rings (SSSR count). The van der Waals surface area contributed by atoms with Crippen molar-refractivity contribution in [2.45, 2.75) is 0 Å². The predicted octanol–water partition coefficient (Wildman–Crippen LogP) is -0.772. The van der Waals surface area contributed by atoms with Crippen molar-refractivity contribution in [2.24, 2.45) is 0 Å². The Morgan fingerprint density at radius 1 is 1.22 bits per heavy atom. The summed E-state index contributed by atoms with van der Waals surface area (Å²) >= 11 is 0. The van der Waals surface area contributed by atoms with E-state index in [4.69, 9.17) is 19.2 Å². The van der Waals surface area contributed by atoms with Gasteiger partial charge in [0.1, 0.15) is 0 Å². The van der Waals surface area contributed by atoms with Crippen molar-refractivity contribution in [2.75, 3.05) is 0 Å². The predicted molar refractivity (Wildman–Crippen MR) is 29.8 cm³/mol. The molecular formula is H9CaCoFNO4P. The Hall–Kier alpha value is 1.77. The second-order valence-corrected chi connectivity index (χ2v) is 1.54. The van der Waals surface area contributed by atoms with E-state index in [-0.39, 0.29) is 68.2 Å². The van der Waals surface area contributed by atoms with Crippen LogP contribution in [0.15, 0.2) is 0 Å². The van der Waals surface area contributed by atoms with Gasteiger partial charge in [-0.25, -0.2) is 4.57 Å². The summed E-state index contributed by atoms with van der Waals surface area (Å²) in [5.41, 5.74) is 0. The average Bonchev–Trinajstić information content (AvgIpc) is 0.722. The van der Waals surface area contributed by atoms with Crippen LogP contribution in [-0.4, -0.2) is 52.4 Å². The van der Waals surface area contributed by atoms with Crippen LogP contribution in [0.25, 0.3) is 0 Å². The summed E-state index contributed by atoms with van der Waals surface area (Å²) < 4.78 is 8.88. The topological polar surface area (TPSA) is 113 Å². The van der Waals surface area contributed by atoms with E-state index in [0.29, 0.717) is 0 Å². The van der Waals surface area contributed by atoms with Crippen molar-refractivity contribution in [1.82, 2.24) is 6.15 Å². The molecule has 0 spiro atoms. The zero-order chi connectivity index (χ0) is 4.50. The maximum absolute atomic E-state index is 8.88. The zero-order valence-electron chi connectivity index (χ0n) is 6.35. The Labute approximate surface area is 94.6 Å². The number of rotatable bonds is 0. The molecule has 0 fully saturated rings. The second kappa shape index (κ2) is 12.4. The minimum absolute atomic E-state index is 0. The van der Waals surface area contributed by atoms with E-state index in [1.807, 2.05) is 0 Å². The third kappa shape index (κ3) is 189. The summed E-state index contributed by atoms with van der Waals surface area (Å²) in [5, 5.41) is 0. The van der Waals surface area contributed by atoms with Gasteiger partial charge in [-0.05, 0) is 0 Å². The smallest absolute Gasteiger partial charge is 1.00 e. The number of phosphoric acid groups is 1. The van der Waals surface area contributed by atoms with Crippen LogP contribution in [0.4, 0.5) is 4.70 Å². The Morgan fingerprint density at radius 2 is 1.22 bits per heavy atom. The molecule has 6 N–H and O–H groups in total. The molecule has 1 radical (unpaired) electrons. The van der Waals surface area contributed by atoms with Crippen LogP contribution in [0, 0.1) is 0 Å². The van der Waals surface area contributed by atoms with Gasteiger partial charge in [-0.1, -0.05) is 0 Å². The largest absolute Gasteiger partial charge is 2.00 e. The fourth-order valence-electron chi connectivity index (χ4n) is 0. The number of hydrogen-bond donors (Lipinski definition) is 4. The third-order valence-corrected chi connectivity index (χ3v) is 0. The van der Waals surface area contributed by atoms with Crippen LogP contribution in [0.5, 0.6) is 0 Å². The van der Waals surface area contributed by atoms with Gasteiger partial charge in [0.25, 0.3) is 0 Å². The van der Waals surface area contributed by atoms with E-state index in [2.05, 4.69) is 0 Å². The Balaban J connectivity index is -0.00000000533. The van der Waals surface area contributed by atoms with Crippen LogP contribution in [0.1, 0.15) is 2.85 Å². The molecule has 0 heterocycles. The fraction of sp³-hybridized carbons (Fsp3) is 0. The molecule has 0 aliphatic rings. The summed E-state index contributed by atoms with van der Waals surface area (Å²) in [6.45, 7) is 0. The van der Waals surface area contributed by atoms with Gasteiger partial charge < -0.3 is 23.7 Å². The molecule has 0 aliphatic carbocycles. The van der Waals surface area contributed by atoms with Crippen molar-refractivity contribution in [1.29, 1.82) is 0 Å². The molecule has 0 aromatic heterocycles. The van der Waals surface area contributed by atoms with E-state index >= 15 is 0 Å². The van der Waals surface area contributed by atoms with Crippen molar-refractivity contribution >= 4 is 45.6 Å². The molecular weight excluding hydrogens is 227 g/mol. The summed E-state index contributed by atoms with van der Waals surface area (Å²) in [6.07, 6.45) is 0. The quantitative estimate of drug-likeness (QED) is 0.325. The summed E-state index contributed by atoms with van der Waals surface area (Å²) in [4.78, 5) is 21.6. The maximum Gasteiger partial charge on any atom is 2.00 e. The molecule has 9 heavy (non-hydrogen) atoms. The number of halogens is 1. The molecule has 9 heteroatoms. The SMILES string of the molecule is F.N.O=P(O)(O)O.[Ca+2].[Co].[H-].[H-]. The Bertz CT molecular complexity index is 74.2. The molecule has 0 saturated carbocycles. The van der Waals surface area contributed by atoms with E-state index in [0.717, 1.165) is 0 Å². The van der Waals surface area contributed by atoms with Gasteiger partial charge in [0.2, 0.25) is 0 Å². The molecule has 0 atom stereocenters. The van der Waals surface area contributed by atoms with Crippen molar-refractivity contribution in [3.8, 4) is 0 Å². The molecule has 61 valence electrons. The third-order valence-electron chi connectivity index (χ3n) is 0. The first-order valence-electron chi connectivity index (χ1n) is 0.783. The summed E-state index contributed by atoms with van der Waals surface area (Å²) in [6, 6.07) is 0. The van der Waals surface area contributed by atoms with E-state index in [1.165, 1.54) is 0 Å². The molecule has 0 bridgehead atoms. The zero-order valence-corrected chi connectivity index (χ0v) is 8.50. The Kier molecular flexibility index (Phi) is 42.7. The van der Waals surface area contributed by atoms with Gasteiger partial charge in [-0.2, -0.15) is 0 Å². The van der Waals surface area contributed by atoms with Crippen LogP contribution < -0.4 is 6.15 Å². The fourth-order valence-corrected chi connectivity index (χ4v) is 0. The van der Waals surface area contributed by atoms with Crippen LogP contribution in [-0.2, 0) is 21.3 Å². The van der Waals surface area contributed by atoms with Gasteiger partial charge in [0.05, 0.1) is 0 Å². The van der Waals surface area contributed by atoms with Gasteiger partial charge in [0.15, 0.2) is 0 Å². The van der Waals surface area contributed by atoms with Crippen molar-refractivity contribution < 1.29 is 43.6 Å². The number of hydrogen-bond acceptors (Lipinski definition) is 2. The standard InChI is InChI=1S/Ca.Co.FH.H3N.H3O4P.2H/c;;;;1-5(2,3)4;;/h;;1H;1H3;(H3,1,2,3,4);;/q+2;;;;;2*-1.